The van der Waals surface area contributed by atoms with E-state index in [1.165, 1.54) is 32.1 Å². The summed E-state index contributed by atoms with van der Waals surface area (Å²) in [6.45, 7) is 4.30. The molecule has 4 nitrogen and oxygen atoms in total. The number of hydrogen-bond donors (Lipinski definition) is 2. The second-order valence-corrected chi connectivity index (χ2v) is 6.99. The molecule has 2 rings (SSSR count). The van der Waals surface area contributed by atoms with Crippen molar-refractivity contribution in [2.24, 2.45) is 0 Å². The Kier molecular flexibility index (Phi) is 5.31. The lowest BCUT2D eigenvalue weighted by Crippen LogP contribution is -2.25. The number of hydrogen-bond acceptors (Lipinski definition) is 4. The van der Waals surface area contributed by atoms with Crippen LogP contribution < -0.4 is 10.9 Å². The molecule has 0 aliphatic heterocycles. The Morgan fingerprint density at radius 3 is 2.84 bits per heavy atom. The molecule has 1 fully saturated rings. The molecule has 0 saturated heterocycles. The molecule has 1 aromatic heterocycles. The average molecular weight is 281 g/mol. The maximum Gasteiger partial charge on any atom is 0.252 e. The van der Waals surface area contributed by atoms with Crippen LogP contribution in [0, 0.1) is 0 Å². The van der Waals surface area contributed by atoms with E-state index in [0.29, 0.717) is 17.2 Å². The van der Waals surface area contributed by atoms with E-state index in [4.69, 9.17) is 0 Å². The molecular formula is C14H23N3OS. The van der Waals surface area contributed by atoms with Crippen molar-refractivity contribution in [1.82, 2.24) is 9.97 Å². The molecule has 0 unspecified atom stereocenters. The Balaban J connectivity index is 2.01. The first-order valence-corrected chi connectivity index (χ1v) is 8.17. The maximum atomic E-state index is 11.7. The van der Waals surface area contributed by atoms with Crippen molar-refractivity contribution in [3.05, 3.63) is 22.1 Å². The third-order valence-corrected chi connectivity index (χ3v) is 4.43. The summed E-state index contributed by atoms with van der Waals surface area (Å²) in [4.78, 5) is 19.0. The van der Waals surface area contributed by atoms with E-state index in [2.05, 4.69) is 29.1 Å². The van der Waals surface area contributed by atoms with E-state index in [1.54, 1.807) is 17.8 Å². The van der Waals surface area contributed by atoms with Crippen LogP contribution in [0.2, 0.25) is 0 Å². The fraction of sp³-hybridized carbons (Fsp3) is 0.714. The molecule has 0 amide bonds. The second-order valence-electron chi connectivity index (χ2n) is 5.42. The average Bonchev–Trinajstić information content (AvgIpc) is 2.37. The van der Waals surface area contributed by atoms with Gasteiger partial charge in [0.25, 0.3) is 5.56 Å². The fourth-order valence-electron chi connectivity index (χ4n) is 2.34. The SMILES string of the molecule is CC(C)SCc1cc(=O)[nH]c(NC2CCCCC2)n1. The standard InChI is InChI=1S/C14H23N3OS/c1-10(2)19-9-12-8-13(18)17-14(16-12)15-11-6-4-3-5-7-11/h8,10-11H,3-7,9H2,1-2H3,(H2,15,16,17,18). The molecule has 1 aliphatic rings. The number of aromatic amines is 1. The quantitative estimate of drug-likeness (QED) is 0.870. The number of thioether (sulfide) groups is 1. The van der Waals surface area contributed by atoms with Crippen molar-refractivity contribution in [2.45, 2.75) is 63.0 Å². The molecule has 5 heteroatoms. The van der Waals surface area contributed by atoms with Crippen molar-refractivity contribution in [1.29, 1.82) is 0 Å². The smallest absolute Gasteiger partial charge is 0.252 e. The highest BCUT2D eigenvalue weighted by Gasteiger charge is 2.14. The summed E-state index contributed by atoms with van der Waals surface area (Å²) in [6.07, 6.45) is 6.21. The van der Waals surface area contributed by atoms with E-state index in [9.17, 15) is 4.79 Å². The number of nitrogens with one attached hydrogen (secondary N) is 2. The fourth-order valence-corrected chi connectivity index (χ4v) is 2.99. The molecule has 1 saturated carbocycles. The van der Waals surface area contributed by atoms with Crippen molar-refractivity contribution in [3.8, 4) is 0 Å². The van der Waals surface area contributed by atoms with E-state index in [1.807, 2.05) is 0 Å². The van der Waals surface area contributed by atoms with Crippen LogP contribution in [0.5, 0.6) is 0 Å². The van der Waals surface area contributed by atoms with Gasteiger partial charge in [-0.25, -0.2) is 4.98 Å². The third kappa shape index (κ3) is 4.90. The largest absolute Gasteiger partial charge is 0.353 e. The van der Waals surface area contributed by atoms with Gasteiger partial charge in [-0.15, -0.1) is 0 Å². The van der Waals surface area contributed by atoms with Crippen molar-refractivity contribution < 1.29 is 0 Å². The maximum absolute atomic E-state index is 11.7. The summed E-state index contributed by atoms with van der Waals surface area (Å²) in [5.74, 6) is 1.43. The van der Waals surface area contributed by atoms with Crippen LogP contribution >= 0.6 is 11.8 Å². The van der Waals surface area contributed by atoms with E-state index < -0.39 is 0 Å². The lowest BCUT2D eigenvalue weighted by molar-refractivity contribution is 0.460. The van der Waals surface area contributed by atoms with Gasteiger partial charge in [0.05, 0.1) is 5.69 Å². The minimum Gasteiger partial charge on any atom is -0.353 e. The lowest BCUT2D eigenvalue weighted by Gasteiger charge is -2.23. The molecule has 0 bridgehead atoms. The summed E-state index contributed by atoms with van der Waals surface area (Å²) >= 11 is 1.80. The van der Waals surface area contributed by atoms with Crippen molar-refractivity contribution in [3.63, 3.8) is 0 Å². The molecule has 2 N–H and O–H groups in total. The van der Waals surface area contributed by atoms with E-state index in [0.717, 1.165) is 11.4 Å². The summed E-state index contributed by atoms with van der Waals surface area (Å²) in [5.41, 5.74) is 0.799. The number of H-pyrrole nitrogens is 1. The van der Waals surface area contributed by atoms with Gasteiger partial charge in [-0.05, 0) is 18.1 Å². The van der Waals surface area contributed by atoms with Crippen LogP contribution in [-0.4, -0.2) is 21.3 Å². The Labute approximate surface area is 118 Å². The topological polar surface area (TPSA) is 57.8 Å². The van der Waals surface area contributed by atoms with Gasteiger partial charge in [-0.3, -0.25) is 9.78 Å². The van der Waals surface area contributed by atoms with Gasteiger partial charge in [-0.1, -0.05) is 33.1 Å². The number of rotatable bonds is 5. The van der Waals surface area contributed by atoms with Gasteiger partial charge in [0, 0.05) is 17.9 Å². The highest BCUT2D eigenvalue weighted by Crippen LogP contribution is 2.20. The monoisotopic (exact) mass is 281 g/mol. The second kappa shape index (κ2) is 6.98. The minimum absolute atomic E-state index is 0.0623. The van der Waals surface area contributed by atoms with Crippen LogP contribution in [0.1, 0.15) is 51.6 Å². The zero-order valence-electron chi connectivity index (χ0n) is 11.7. The van der Waals surface area contributed by atoms with Gasteiger partial charge >= 0.3 is 0 Å². The summed E-state index contributed by atoms with van der Waals surface area (Å²) in [7, 11) is 0. The molecule has 0 aromatic carbocycles. The molecule has 0 atom stereocenters. The van der Waals surface area contributed by atoms with Gasteiger partial charge < -0.3 is 5.32 Å². The molecule has 0 spiro atoms. The molecule has 0 radical (unpaired) electrons. The van der Waals surface area contributed by atoms with Gasteiger partial charge in [0.2, 0.25) is 5.95 Å². The normalized spacial score (nSPS) is 16.8. The molecule has 1 aliphatic carbocycles. The Morgan fingerprint density at radius 1 is 1.42 bits per heavy atom. The van der Waals surface area contributed by atoms with Crippen LogP contribution in [-0.2, 0) is 5.75 Å². The Bertz CT molecular complexity index is 452. The number of aromatic nitrogens is 2. The minimum atomic E-state index is -0.0623. The van der Waals surface area contributed by atoms with Crippen LogP contribution in [0.4, 0.5) is 5.95 Å². The van der Waals surface area contributed by atoms with Crippen LogP contribution in [0.3, 0.4) is 0 Å². The van der Waals surface area contributed by atoms with Gasteiger partial charge in [0.15, 0.2) is 0 Å². The highest BCUT2D eigenvalue weighted by atomic mass is 32.2. The zero-order valence-corrected chi connectivity index (χ0v) is 12.6. The molecule has 1 aromatic rings. The zero-order chi connectivity index (χ0) is 13.7. The Hall–Kier alpha value is -0.970. The number of anilines is 1. The lowest BCUT2D eigenvalue weighted by atomic mass is 9.96. The first kappa shape index (κ1) is 14.4. The van der Waals surface area contributed by atoms with Gasteiger partial charge in [0.1, 0.15) is 0 Å². The van der Waals surface area contributed by atoms with Gasteiger partial charge in [-0.2, -0.15) is 11.8 Å². The molecule has 19 heavy (non-hydrogen) atoms. The van der Waals surface area contributed by atoms with Crippen LogP contribution in [0.15, 0.2) is 10.9 Å². The summed E-state index contributed by atoms with van der Waals surface area (Å²) < 4.78 is 0. The first-order chi connectivity index (χ1) is 9.13. The Morgan fingerprint density at radius 2 is 2.16 bits per heavy atom. The summed E-state index contributed by atoms with van der Waals surface area (Å²) in [6, 6.07) is 2.06. The number of nitrogens with zero attached hydrogens (tertiary/aromatic N) is 1. The van der Waals surface area contributed by atoms with Crippen LogP contribution in [0.25, 0.3) is 0 Å². The highest BCUT2D eigenvalue weighted by molar-refractivity contribution is 7.99. The van der Waals surface area contributed by atoms with E-state index >= 15 is 0 Å². The van der Waals surface area contributed by atoms with Crippen molar-refractivity contribution in [2.75, 3.05) is 5.32 Å². The molecule has 1 heterocycles. The third-order valence-electron chi connectivity index (χ3n) is 3.31. The van der Waals surface area contributed by atoms with Crippen molar-refractivity contribution >= 4 is 17.7 Å². The van der Waals surface area contributed by atoms with E-state index in [-0.39, 0.29) is 5.56 Å². The predicted molar refractivity (Wildman–Crippen MR) is 81.8 cm³/mol. The predicted octanol–water partition coefficient (Wildman–Crippen LogP) is 3.16. The summed E-state index contributed by atoms with van der Waals surface area (Å²) in [5, 5.41) is 3.93. The molecular weight excluding hydrogens is 258 g/mol. The molecule has 106 valence electrons. The first-order valence-electron chi connectivity index (χ1n) is 7.12.